The first-order valence-corrected chi connectivity index (χ1v) is 13.4. The van der Waals surface area contributed by atoms with Crippen molar-refractivity contribution < 1.29 is 56.6 Å². The fourth-order valence-corrected chi connectivity index (χ4v) is 3.30. The Morgan fingerprint density at radius 1 is 1.07 bits per heavy atom. The number of allylic oxidation sites excluding steroid dienone is 1. The molecule has 1 rings (SSSR count). The minimum atomic E-state index is -0.352. The number of benzene rings is 1. The predicted octanol–water partition coefficient (Wildman–Crippen LogP) is 6.45. The normalized spacial score (nSPS) is 11.8. The number of halogens is 1. The third-order valence-electron chi connectivity index (χ3n) is 4.72. The van der Waals surface area contributed by atoms with Crippen molar-refractivity contribution >= 4 is 35.2 Å². The van der Waals surface area contributed by atoms with Gasteiger partial charge in [-0.15, -0.1) is 0 Å². The monoisotopic (exact) mass is 657 g/mol. The summed E-state index contributed by atoms with van der Waals surface area (Å²) in [6.07, 6.45) is 2.46. The molecule has 0 bridgehead atoms. The minimum absolute atomic E-state index is 0. The molecule has 40 heavy (non-hydrogen) atoms. The van der Waals surface area contributed by atoms with Crippen molar-refractivity contribution in [2.75, 3.05) is 13.7 Å². The van der Waals surface area contributed by atoms with E-state index in [1.165, 1.54) is 13.8 Å². The van der Waals surface area contributed by atoms with Crippen LogP contribution in [0.2, 0.25) is 5.02 Å². The second-order valence-electron chi connectivity index (χ2n) is 9.32. The molecule has 1 radical (unpaired) electrons. The first-order chi connectivity index (χ1) is 17.7. The topological polar surface area (TPSA) is 120 Å². The number of amides is 1. The van der Waals surface area contributed by atoms with Crippen LogP contribution in [0.1, 0.15) is 87.1 Å². The van der Waals surface area contributed by atoms with Crippen LogP contribution in [0.15, 0.2) is 40.5 Å². The maximum absolute atomic E-state index is 12.6. The number of carbonyl (C=O) groups excluding carboxylic acids is 3. The Morgan fingerprint density at radius 2 is 1.60 bits per heavy atom. The fourth-order valence-electron chi connectivity index (χ4n) is 3.18. The minimum Gasteiger partial charge on any atom is -0.465 e. The number of hydrogen-bond donors (Lipinski definition) is 2. The number of hydrogen-bond acceptors (Lipinski definition) is 7. The van der Waals surface area contributed by atoms with Crippen LogP contribution in [0.25, 0.3) is 0 Å². The summed E-state index contributed by atoms with van der Waals surface area (Å²) >= 11 is 5.88. The average molecular weight is 658 g/mol. The zero-order valence-corrected chi connectivity index (χ0v) is 30.0. The number of nitrogens with one attached hydrogen (secondary N) is 1. The Balaban J connectivity index is -0.000000464. The number of ether oxygens (including phenoxy) is 2. The molecular weight excluding hydrogens is 607 g/mol. The molecule has 1 aromatic carbocycles. The SMILES string of the molecule is CC.CC(=O)OC(C)(C)C.CCCC/C(C(=NC)C(C)COC(C)=O)=C(/N)C(=O)NCc1ccc(Cl)cc1.[CH3-].[Y]. The third kappa shape index (κ3) is 22.0. The number of unbranched alkanes of at least 4 members (excludes halogenated alkanes) is 1. The van der Waals surface area contributed by atoms with E-state index >= 15 is 0 Å². The summed E-state index contributed by atoms with van der Waals surface area (Å²) in [5, 5.41) is 3.48. The number of nitrogens with two attached hydrogens (primary N) is 1. The maximum Gasteiger partial charge on any atom is 0.303 e. The zero-order chi connectivity index (χ0) is 29.9. The number of nitrogens with zero attached hydrogens (tertiary/aromatic N) is 1. The Bertz CT molecular complexity index is 926. The van der Waals surface area contributed by atoms with Crippen molar-refractivity contribution in [2.24, 2.45) is 16.6 Å². The van der Waals surface area contributed by atoms with Crippen molar-refractivity contribution in [1.82, 2.24) is 5.32 Å². The molecule has 1 unspecified atom stereocenters. The summed E-state index contributed by atoms with van der Waals surface area (Å²) in [5.41, 5.74) is 8.36. The molecule has 0 fully saturated rings. The number of carbonyl (C=O) groups is 3. The van der Waals surface area contributed by atoms with Gasteiger partial charge in [0.2, 0.25) is 0 Å². The van der Waals surface area contributed by atoms with Crippen LogP contribution in [0.3, 0.4) is 0 Å². The van der Waals surface area contributed by atoms with Gasteiger partial charge in [0.25, 0.3) is 5.91 Å². The van der Waals surface area contributed by atoms with E-state index < -0.39 is 0 Å². The van der Waals surface area contributed by atoms with Crippen molar-refractivity contribution in [2.45, 2.75) is 93.7 Å². The summed E-state index contributed by atoms with van der Waals surface area (Å²) in [5.74, 6) is -1.09. The van der Waals surface area contributed by atoms with E-state index in [1.54, 1.807) is 19.2 Å². The Kier molecular flexibility index (Phi) is 28.2. The molecular formula is C30H51ClN3O5Y-. The van der Waals surface area contributed by atoms with Crippen molar-refractivity contribution in [3.05, 3.63) is 53.5 Å². The van der Waals surface area contributed by atoms with E-state index in [0.717, 1.165) is 18.4 Å². The van der Waals surface area contributed by atoms with Gasteiger partial charge in [0.15, 0.2) is 0 Å². The van der Waals surface area contributed by atoms with Gasteiger partial charge in [0, 0.05) is 82.4 Å². The van der Waals surface area contributed by atoms with E-state index in [1.807, 2.05) is 53.7 Å². The Hall–Kier alpha value is -1.77. The van der Waals surface area contributed by atoms with Crippen LogP contribution in [0.5, 0.6) is 0 Å². The summed E-state index contributed by atoms with van der Waals surface area (Å²) in [4.78, 5) is 38.3. The largest absolute Gasteiger partial charge is 0.465 e. The molecule has 1 amide bonds. The third-order valence-corrected chi connectivity index (χ3v) is 4.97. The summed E-state index contributed by atoms with van der Waals surface area (Å²) < 4.78 is 9.90. The number of esters is 2. The van der Waals surface area contributed by atoms with Gasteiger partial charge in [0.1, 0.15) is 11.3 Å². The maximum atomic E-state index is 12.6. The Morgan fingerprint density at radius 3 is 1.98 bits per heavy atom. The quantitative estimate of drug-likeness (QED) is 0.129. The molecule has 0 aliphatic heterocycles. The van der Waals surface area contributed by atoms with Gasteiger partial charge >= 0.3 is 11.9 Å². The van der Waals surface area contributed by atoms with Gasteiger partial charge in [-0.25, -0.2) is 0 Å². The van der Waals surface area contributed by atoms with E-state index in [4.69, 9.17) is 26.8 Å². The Labute approximate surface area is 273 Å². The molecule has 0 aromatic heterocycles. The van der Waals surface area contributed by atoms with E-state index in [2.05, 4.69) is 17.2 Å². The van der Waals surface area contributed by atoms with Gasteiger partial charge in [-0.1, -0.05) is 57.8 Å². The van der Waals surface area contributed by atoms with E-state index in [9.17, 15) is 14.4 Å². The van der Waals surface area contributed by atoms with Gasteiger partial charge < -0.3 is 28.0 Å². The van der Waals surface area contributed by atoms with Gasteiger partial charge in [-0.3, -0.25) is 19.4 Å². The van der Waals surface area contributed by atoms with Crippen LogP contribution in [0, 0.1) is 13.3 Å². The number of rotatable bonds is 10. The van der Waals surface area contributed by atoms with Crippen molar-refractivity contribution in [3.8, 4) is 0 Å². The van der Waals surface area contributed by atoms with Gasteiger partial charge in [-0.2, -0.15) is 0 Å². The molecule has 0 spiro atoms. The molecule has 0 aliphatic rings. The second kappa shape index (κ2) is 25.0. The average Bonchev–Trinajstić information content (AvgIpc) is 2.84. The fraction of sp³-hybridized carbons (Fsp3) is 0.567. The van der Waals surface area contributed by atoms with E-state index in [-0.39, 0.29) is 81.8 Å². The molecule has 0 aliphatic carbocycles. The standard InChI is InChI=1S/C21H30ClN3O3.C6H12O2.C2H6.CH3.Y/c1-5-6-7-18(20(24-4)14(2)13-28-15(3)26)19(23)21(27)25-12-16-8-10-17(22)11-9-16;1-5(7)8-6(2,3)4;1-2;;/h8-11,14H,5-7,12-13,23H2,1-4H3,(H,25,27);1-4H3;1-2H3;1H3;/q;;;-1;/b19-18-,24-20?;;;;. The molecule has 0 saturated heterocycles. The van der Waals surface area contributed by atoms with Crippen LogP contribution in [-0.2, 0) is 63.1 Å². The molecule has 10 heteroatoms. The van der Waals surface area contributed by atoms with Crippen LogP contribution in [-0.4, -0.2) is 42.8 Å². The van der Waals surface area contributed by atoms with Crippen LogP contribution < -0.4 is 11.1 Å². The molecule has 1 aromatic rings. The van der Waals surface area contributed by atoms with Crippen LogP contribution >= 0.6 is 11.6 Å². The van der Waals surface area contributed by atoms with Gasteiger partial charge in [0.05, 0.1) is 6.61 Å². The molecule has 1 atom stereocenters. The molecule has 227 valence electrons. The smallest absolute Gasteiger partial charge is 0.303 e. The first kappa shape index (κ1) is 45.2. The first-order valence-electron chi connectivity index (χ1n) is 13.0. The van der Waals surface area contributed by atoms with Crippen molar-refractivity contribution in [1.29, 1.82) is 0 Å². The summed E-state index contributed by atoms with van der Waals surface area (Å²) in [6.45, 7) is 16.8. The molecule has 0 heterocycles. The summed E-state index contributed by atoms with van der Waals surface area (Å²) in [6, 6.07) is 7.24. The molecule has 3 N–H and O–H groups in total. The van der Waals surface area contributed by atoms with Crippen molar-refractivity contribution in [3.63, 3.8) is 0 Å². The molecule has 0 saturated carbocycles. The van der Waals surface area contributed by atoms with Gasteiger partial charge in [-0.05, 0) is 51.3 Å². The predicted molar refractivity (Wildman–Crippen MR) is 162 cm³/mol. The molecule has 8 nitrogen and oxygen atoms in total. The van der Waals surface area contributed by atoms with E-state index in [0.29, 0.717) is 29.3 Å². The summed E-state index contributed by atoms with van der Waals surface area (Å²) in [7, 11) is 1.66. The second-order valence-corrected chi connectivity index (χ2v) is 9.76. The zero-order valence-electron chi connectivity index (χ0n) is 26.4. The van der Waals surface area contributed by atoms with Crippen LogP contribution in [0.4, 0.5) is 0 Å². The number of aliphatic imine (C=N–C) groups is 1.